The van der Waals surface area contributed by atoms with Crippen molar-refractivity contribution in [3.8, 4) is 12.3 Å². The van der Waals surface area contributed by atoms with Crippen molar-refractivity contribution < 1.29 is 0 Å². The molecule has 0 radical (unpaired) electrons. The van der Waals surface area contributed by atoms with Gasteiger partial charge in [0.2, 0.25) is 0 Å². The van der Waals surface area contributed by atoms with Gasteiger partial charge in [-0.05, 0) is 50.4 Å². The minimum atomic E-state index is 0.400. The van der Waals surface area contributed by atoms with E-state index in [1.54, 1.807) is 0 Å². The molecular formula is C15H21N. The molecular weight excluding hydrogens is 194 g/mol. The Morgan fingerprint density at radius 1 is 1.31 bits per heavy atom. The van der Waals surface area contributed by atoms with Gasteiger partial charge >= 0.3 is 0 Å². The first-order valence-corrected chi connectivity index (χ1v) is 5.89. The van der Waals surface area contributed by atoms with Crippen molar-refractivity contribution in [3.63, 3.8) is 0 Å². The van der Waals surface area contributed by atoms with Gasteiger partial charge in [-0.2, -0.15) is 0 Å². The number of rotatable bonds is 5. The van der Waals surface area contributed by atoms with Gasteiger partial charge in [0.15, 0.2) is 0 Å². The zero-order valence-corrected chi connectivity index (χ0v) is 10.5. The molecule has 1 aromatic carbocycles. The van der Waals surface area contributed by atoms with E-state index in [4.69, 9.17) is 6.42 Å². The van der Waals surface area contributed by atoms with E-state index >= 15 is 0 Å². The van der Waals surface area contributed by atoms with Crippen molar-refractivity contribution in [2.45, 2.75) is 39.7 Å². The molecule has 1 heteroatoms. The van der Waals surface area contributed by atoms with Gasteiger partial charge in [-0.25, -0.2) is 0 Å². The van der Waals surface area contributed by atoms with Crippen LogP contribution in [0.2, 0.25) is 0 Å². The molecule has 0 fully saturated rings. The maximum atomic E-state index is 5.22. The summed E-state index contributed by atoms with van der Waals surface area (Å²) in [6.45, 7) is 7.48. The van der Waals surface area contributed by atoms with Crippen LogP contribution in [0.1, 0.15) is 42.5 Å². The highest BCUT2D eigenvalue weighted by Crippen LogP contribution is 2.16. The number of nitrogens with one attached hydrogen (secondary N) is 1. The third-order valence-corrected chi connectivity index (χ3v) is 2.98. The smallest absolute Gasteiger partial charge is 0.0291 e. The molecule has 1 nitrogen and oxygen atoms in total. The highest BCUT2D eigenvalue weighted by atomic mass is 14.9. The van der Waals surface area contributed by atoms with Crippen molar-refractivity contribution in [1.29, 1.82) is 0 Å². The summed E-state index contributed by atoms with van der Waals surface area (Å²) in [6, 6.07) is 7.04. The molecule has 0 heterocycles. The van der Waals surface area contributed by atoms with E-state index < -0.39 is 0 Å². The van der Waals surface area contributed by atoms with Crippen LogP contribution >= 0.6 is 0 Å². The highest BCUT2D eigenvalue weighted by Gasteiger charge is 2.04. The van der Waals surface area contributed by atoms with Crippen LogP contribution in [0.15, 0.2) is 18.2 Å². The van der Waals surface area contributed by atoms with Crippen molar-refractivity contribution in [3.05, 3.63) is 34.9 Å². The maximum Gasteiger partial charge on any atom is 0.0291 e. The lowest BCUT2D eigenvalue weighted by atomic mass is 10.0. The van der Waals surface area contributed by atoms with Crippen LogP contribution in [0.3, 0.4) is 0 Å². The molecule has 16 heavy (non-hydrogen) atoms. The molecule has 1 aromatic rings. The second-order valence-electron chi connectivity index (χ2n) is 4.33. The van der Waals surface area contributed by atoms with E-state index in [1.807, 2.05) is 0 Å². The zero-order valence-electron chi connectivity index (χ0n) is 10.5. The largest absolute Gasteiger partial charge is 0.310 e. The first kappa shape index (κ1) is 12.8. The quantitative estimate of drug-likeness (QED) is 0.586. The second-order valence-corrected chi connectivity index (χ2v) is 4.33. The summed E-state index contributed by atoms with van der Waals surface area (Å²) >= 11 is 0. The number of benzene rings is 1. The van der Waals surface area contributed by atoms with Crippen LogP contribution in [0.4, 0.5) is 0 Å². The van der Waals surface area contributed by atoms with Gasteiger partial charge in [-0.3, -0.25) is 0 Å². The Bertz CT molecular complexity index is 374. The molecule has 1 atom stereocenters. The van der Waals surface area contributed by atoms with Gasteiger partial charge < -0.3 is 5.32 Å². The highest BCUT2D eigenvalue weighted by molar-refractivity contribution is 5.31. The SMILES string of the molecule is C#CCCCNC(C)c1ccc(C)c(C)c1. The third-order valence-electron chi connectivity index (χ3n) is 2.98. The predicted octanol–water partition coefficient (Wildman–Crippen LogP) is 3.37. The van der Waals surface area contributed by atoms with Gasteiger partial charge in [0.05, 0.1) is 0 Å². The lowest BCUT2D eigenvalue weighted by Gasteiger charge is -2.15. The molecule has 1 unspecified atom stereocenters. The fourth-order valence-electron chi connectivity index (χ4n) is 1.66. The van der Waals surface area contributed by atoms with E-state index in [0.29, 0.717) is 6.04 Å². The first-order chi connectivity index (χ1) is 7.65. The predicted molar refractivity (Wildman–Crippen MR) is 70.4 cm³/mol. The fourth-order valence-corrected chi connectivity index (χ4v) is 1.66. The molecule has 0 aliphatic carbocycles. The Balaban J connectivity index is 2.50. The standard InChI is InChI=1S/C15H21N/c1-5-6-7-10-16-14(4)15-9-8-12(2)13(3)11-15/h1,8-9,11,14,16H,6-7,10H2,2-4H3. The minimum Gasteiger partial charge on any atom is -0.310 e. The molecule has 0 spiro atoms. The topological polar surface area (TPSA) is 12.0 Å². The molecule has 0 aromatic heterocycles. The summed E-state index contributed by atoms with van der Waals surface area (Å²) in [6.07, 6.45) is 7.12. The molecule has 0 bridgehead atoms. The summed E-state index contributed by atoms with van der Waals surface area (Å²) < 4.78 is 0. The molecule has 0 saturated carbocycles. The van der Waals surface area contributed by atoms with E-state index in [1.165, 1.54) is 16.7 Å². The van der Waals surface area contributed by atoms with Crippen LogP contribution in [0.5, 0.6) is 0 Å². The number of terminal acetylenes is 1. The van der Waals surface area contributed by atoms with Crippen LogP contribution < -0.4 is 5.32 Å². The normalized spacial score (nSPS) is 12.1. The number of aryl methyl sites for hydroxylation is 2. The third kappa shape index (κ3) is 3.72. The molecule has 0 aliphatic heterocycles. The van der Waals surface area contributed by atoms with Gasteiger partial charge in [-0.1, -0.05) is 18.2 Å². The Kier molecular flexibility index (Phi) is 5.08. The number of hydrogen-bond donors (Lipinski definition) is 1. The monoisotopic (exact) mass is 215 g/mol. The maximum absolute atomic E-state index is 5.22. The van der Waals surface area contributed by atoms with Crippen molar-refractivity contribution in [2.24, 2.45) is 0 Å². The van der Waals surface area contributed by atoms with E-state index in [9.17, 15) is 0 Å². The number of unbranched alkanes of at least 4 members (excludes halogenated alkanes) is 1. The Morgan fingerprint density at radius 3 is 2.69 bits per heavy atom. The van der Waals surface area contributed by atoms with Crippen molar-refractivity contribution in [2.75, 3.05) is 6.54 Å². The van der Waals surface area contributed by atoms with Crippen molar-refractivity contribution >= 4 is 0 Å². The molecule has 1 N–H and O–H groups in total. The van der Waals surface area contributed by atoms with Crippen LogP contribution in [0.25, 0.3) is 0 Å². The van der Waals surface area contributed by atoms with E-state index in [0.717, 1.165) is 19.4 Å². The zero-order chi connectivity index (χ0) is 12.0. The molecule has 0 amide bonds. The Morgan fingerprint density at radius 2 is 2.06 bits per heavy atom. The Labute approximate surface area is 99.3 Å². The summed E-state index contributed by atoms with van der Waals surface area (Å²) in [5.41, 5.74) is 4.06. The number of hydrogen-bond acceptors (Lipinski definition) is 1. The van der Waals surface area contributed by atoms with Crippen LogP contribution in [-0.4, -0.2) is 6.54 Å². The fraction of sp³-hybridized carbons (Fsp3) is 0.467. The summed E-state index contributed by atoms with van der Waals surface area (Å²) in [5, 5.41) is 3.48. The van der Waals surface area contributed by atoms with Crippen LogP contribution in [0, 0.1) is 26.2 Å². The summed E-state index contributed by atoms with van der Waals surface area (Å²) in [4.78, 5) is 0. The van der Waals surface area contributed by atoms with Crippen molar-refractivity contribution in [1.82, 2.24) is 5.32 Å². The molecule has 0 aliphatic rings. The van der Waals surface area contributed by atoms with E-state index in [-0.39, 0.29) is 0 Å². The molecule has 1 rings (SSSR count). The molecule has 86 valence electrons. The minimum absolute atomic E-state index is 0.400. The van der Waals surface area contributed by atoms with Gasteiger partial charge in [0.25, 0.3) is 0 Å². The van der Waals surface area contributed by atoms with Crippen LogP contribution in [-0.2, 0) is 0 Å². The lowest BCUT2D eigenvalue weighted by molar-refractivity contribution is 0.562. The van der Waals surface area contributed by atoms with Gasteiger partial charge in [-0.15, -0.1) is 12.3 Å². The van der Waals surface area contributed by atoms with Gasteiger partial charge in [0.1, 0.15) is 0 Å². The summed E-state index contributed by atoms with van der Waals surface area (Å²) in [5.74, 6) is 2.66. The van der Waals surface area contributed by atoms with Gasteiger partial charge in [0, 0.05) is 12.5 Å². The lowest BCUT2D eigenvalue weighted by Crippen LogP contribution is -2.19. The molecule has 0 saturated heterocycles. The Hall–Kier alpha value is -1.26. The first-order valence-electron chi connectivity index (χ1n) is 5.89. The average Bonchev–Trinajstić information content (AvgIpc) is 2.28. The van der Waals surface area contributed by atoms with E-state index in [2.05, 4.69) is 50.2 Å². The summed E-state index contributed by atoms with van der Waals surface area (Å²) in [7, 11) is 0. The average molecular weight is 215 g/mol. The second kappa shape index (κ2) is 6.35.